The fourth-order valence-corrected chi connectivity index (χ4v) is 2.57. The third kappa shape index (κ3) is 4.25. The number of hydrogen-bond acceptors (Lipinski definition) is 2. The maximum atomic E-state index is 12.3. The molecule has 1 amide bonds. The number of anilines is 2. The number of hydrogen-bond donors (Lipinski definition) is 1. The van der Waals surface area contributed by atoms with Crippen LogP contribution < -0.4 is 10.2 Å². The van der Waals surface area contributed by atoms with Crippen LogP contribution in [0.15, 0.2) is 42.5 Å². The number of nitrogens with zero attached hydrogens (tertiary/aromatic N) is 1. The molecule has 1 N–H and O–H groups in total. The van der Waals surface area contributed by atoms with Crippen LogP contribution in [-0.2, 0) is 4.79 Å². The molecule has 0 fully saturated rings. The number of halogens is 1. The molecule has 0 unspecified atom stereocenters. The molecular formula is C18H21ClN2O. The molecule has 0 aromatic heterocycles. The zero-order valence-electron chi connectivity index (χ0n) is 13.2. The summed E-state index contributed by atoms with van der Waals surface area (Å²) in [5, 5.41) is 3.62. The summed E-state index contributed by atoms with van der Waals surface area (Å²) in [6.45, 7) is 7.12. The van der Waals surface area contributed by atoms with Crippen molar-refractivity contribution in [3.63, 3.8) is 0 Å². The maximum Gasteiger partial charge on any atom is 0.243 e. The van der Waals surface area contributed by atoms with Crippen molar-refractivity contribution in [3.05, 3.63) is 58.6 Å². The van der Waals surface area contributed by atoms with Crippen LogP contribution >= 0.6 is 11.6 Å². The van der Waals surface area contributed by atoms with E-state index in [-0.39, 0.29) is 5.91 Å². The molecule has 0 bridgehead atoms. The Bertz CT molecular complexity index is 670. The average molecular weight is 317 g/mol. The topological polar surface area (TPSA) is 32.3 Å². The molecule has 0 heterocycles. The van der Waals surface area contributed by atoms with Crippen molar-refractivity contribution < 1.29 is 4.79 Å². The van der Waals surface area contributed by atoms with Gasteiger partial charge in [0.1, 0.15) is 0 Å². The number of aryl methyl sites for hydroxylation is 2. The average Bonchev–Trinajstić information content (AvgIpc) is 2.47. The highest BCUT2D eigenvalue weighted by molar-refractivity contribution is 6.30. The lowest BCUT2D eigenvalue weighted by Gasteiger charge is -2.23. The first-order valence-corrected chi connectivity index (χ1v) is 7.75. The van der Waals surface area contributed by atoms with E-state index in [9.17, 15) is 4.79 Å². The Morgan fingerprint density at radius 1 is 1.18 bits per heavy atom. The Morgan fingerprint density at radius 3 is 2.59 bits per heavy atom. The summed E-state index contributed by atoms with van der Waals surface area (Å²) in [7, 11) is 0. The van der Waals surface area contributed by atoms with Gasteiger partial charge in [0.15, 0.2) is 0 Å². The monoisotopic (exact) mass is 316 g/mol. The second kappa shape index (κ2) is 7.32. The van der Waals surface area contributed by atoms with E-state index in [1.165, 1.54) is 5.56 Å². The highest BCUT2D eigenvalue weighted by Crippen LogP contribution is 2.20. The molecule has 22 heavy (non-hydrogen) atoms. The minimum atomic E-state index is -0.0335. The van der Waals surface area contributed by atoms with Crippen LogP contribution in [0.1, 0.15) is 18.1 Å². The van der Waals surface area contributed by atoms with Gasteiger partial charge >= 0.3 is 0 Å². The minimum Gasteiger partial charge on any atom is -0.362 e. The van der Waals surface area contributed by atoms with Gasteiger partial charge in [-0.2, -0.15) is 0 Å². The van der Waals surface area contributed by atoms with E-state index in [1.54, 1.807) is 6.07 Å². The molecule has 0 saturated heterocycles. The summed E-state index contributed by atoms with van der Waals surface area (Å²) in [6, 6.07) is 13.6. The lowest BCUT2D eigenvalue weighted by atomic mass is 10.2. The highest BCUT2D eigenvalue weighted by atomic mass is 35.5. The Kier molecular flexibility index (Phi) is 5.45. The third-order valence-electron chi connectivity index (χ3n) is 3.55. The number of nitrogens with one attached hydrogen (secondary N) is 1. The summed E-state index contributed by atoms with van der Waals surface area (Å²) < 4.78 is 0. The summed E-state index contributed by atoms with van der Waals surface area (Å²) in [6.07, 6.45) is 0. The molecule has 0 saturated carbocycles. The van der Waals surface area contributed by atoms with Crippen molar-refractivity contribution in [2.75, 3.05) is 23.3 Å². The molecule has 0 aliphatic carbocycles. The van der Waals surface area contributed by atoms with Crippen LogP contribution in [0.4, 0.5) is 11.4 Å². The molecule has 0 spiro atoms. The molecule has 2 aromatic rings. The predicted octanol–water partition coefficient (Wildman–Crippen LogP) is 4.42. The van der Waals surface area contributed by atoms with Crippen LogP contribution in [0.3, 0.4) is 0 Å². The van der Waals surface area contributed by atoms with Crippen molar-refractivity contribution in [2.24, 2.45) is 0 Å². The predicted molar refractivity (Wildman–Crippen MR) is 93.9 cm³/mol. The Morgan fingerprint density at radius 2 is 1.95 bits per heavy atom. The highest BCUT2D eigenvalue weighted by Gasteiger charge is 2.11. The molecule has 4 heteroatoms. The minimum absolute atomic E-state index is 0.0335. The van der Waals surface area contributed by atoms with E-state index in [2.05, 4.69) is 24.4 Å². The fraction of sp³-hybridized carbons (Fsp3) is 0.278. The van der Waals surface area contributed by atoms with Crippen molar-refractivity contribution in [2.45, 2.75) is 20.8 Å². The summed E-state index contributed by atoms with van der Waals surface area (Å²) in [5.41, 5.74) is 4.00. The molecule has 0 radical (unpaired) electrons. The van der Waals surface area contributed by atoms with Gasteiger partial charge in [-0.3, -0.25) is 4.79 Å². The number of benzene rings is 2. The van der Waals surface area contributed by atoms with Crippen LogP contribution in [0.5, 0.6) is 0 Å². The lowest BCUT2D eigenvalue weighted by Crippen LogP contribution is -2.33. The van der Waals surface area contributed by atoms with E-state index in [1.807, 2.05) is 43.0 Å². The van der Waals surface area contributed by atoms with Gasteiger partial charge in [0.25, 0.3) is 0 Å². The molecule has 2 aromatic carbocycles. The molecule has 0 aliphatic heterocycles. The van der Waals surface area contributed by atoms with Crippen LogP contribution in [0, 0.1) is 13.8 Å². The van der Waals surface area contributed by atoms with Crippen LogP contribution in [0.2, 0.25) is 5.02 Å². The number of rotatable bonds is 5. The van der Waals surface area contributed by atoms with Crippen molar-refractivity contribution >= 4 is 28.9 Å². The van der Waals surface area contributed by atoms with E-state index in [0.29, 0.717) is 11.6 Å². The van der Waals surface area contributed by atoms with Crippen LogP contribution in [-0.4, -0.2) is 19.0 Å². The van der Waals surface area contributed by atoms with Gasteiger partial charge < -0.3 is 10.2 Å². The third-order valence-corrected chi connectivity index (χ3v) is 3.78. The van der Waals surface area contributed by atoms with E-state index in [4.69, 9.17) is 11.6 Å². The van der Waals surface area contributed by atoms with E-state index >= 15 is 0 Å². The molecule has 2 rings (SSSR count). The van der Waals surface area contributed by atoms with Crippen molar-refractivity contribution in [1.29, 1.82) is 0 Å². The van der Waals surface area contributed by atoms with Gasteiger partial charge in [0, 0.05) is 22.9 Å². The smallest absolute Gasteiger partial charge is 0.243 e. The summed E-state index contributed by atoms with van der Waals surface area (Å²) in [5.74, 6) is -0.0335. The SMILES string of the molecule is CCN(CC(=O)Nc1ccc(Cl)cc1C)c1cccc(C)c1. The van der Waals surface area contributed by atoms with Crippen LogP contribution in [0.25, 0.3) is 0 Å². The summed E-state index contributed by atoms with van der Waals surface area (Å²) in [4.78, 5) is 14.3. The number of amides is 1. The van der Waals surface area contributed by atoms with Gasteiger partial charge in [0.05, 0.1) is 6.54 Å². The number of carbonyl (C=O) groups excluding carboxylic acids is 1. The standard InChI is InChI=1S/C18H21ClN2O/c1-4-21(16-7-5-6-13(2)10-16)12-18(22)20-17-9-8-15(19)11-14(17)3/h5-11H,4,12H2,1-3H3,(H,20,22). The van der Waals surface area contributed by atoms with E-state index in [0.717, 1.165) is 23.5 Å². The Labute approximate surface area is 136 Å². The summed E-state index contributed by atoms with van der Waals surface area (Å²) >= 11 is 5.93. The van der Waals surface area contributed by atoms with Gasteiger partial charge in [-0.15, -0.1) is 0 Å². The zero-order chi connectivity index (χ0) is 16.1. The normalized spacial score (nSPS) is 10.4. The maximum absolute atomic E-state index is 12.3. The molecular weight excluding hydrogens is 296 g/mol. The van der Waals surface area contributed by atoms with Gasteiger partial charge in [0.2, 0.25) is 5.91 Å². The molecule has 0 aliphatic rings. The van der Waals surface area contributed by atoms with E-state index < -0.39 is 0 Å². The van der Waals surface area contributed by atoms with Gasteiger partial charge in [-0.05, 0) is 62.2 Å². The van der Waals surface area contributed by atoms with Gasteiger partial charge in [-0.25, -0.2) is 0 Å². The molecule has 3 nitrogen and oxygen atoms in total. The Hall–Kier alpha value is -2.00. The first-order chi connectivity index (χ1) is 10.5. The van der Waals surface area contributed by atoms with Crippen molar-refractivity contribution in [1.82, 2.24) is 0 Å². The molecule has 0 atom stereocenters. The zero-order valence-corrected chi connectivity index (χ0v) is 13.9. The van der Waals surface area contributed by atoms with Crippen molar-refractivity contribution in [3.8, 4) is 0 Å². The number of carbonyl (C=O) groups is 1. The fourth-order valence-electron chi connectivity index (χ4n) is 2.34. The number of likely N-dealkylation sites (N-methyl/N-ethyl adjacent to an activating group) is 1. The second-order valence-corrected chi connectivity index (χ2v) is 5.80. The Balaban J connectivity index is 2.06. The first kappa shape index (κ1) is 16.4. The first-order valence-electron chi connectivity index (χ1n) is 7.37. The lowest BCUT2D eigenvalue weighted by molar-refractivity contribution is -0.115. The largest absolute Gasteiger partial charge is 0.362 e. The second-order valence-electron chi connectivity index (χ2n) is 5.36. The quantitative estimate of drug-likeness (QED) is 0.885. The molecule has 116 valence electrons. The van der Waals surface area contributed by atoms with Gasteiger partial charge in [-0.1, -0.05) is 23.7 Å².